The molecule has 0 unspecified atom stereocenters. The van der Waals surface area contributed by atoms with Crippen molar-refractivity contribution in [2.75, 3.05) is 7.05 Å². The lowest BCUT2D eigenvalue weighted by Gasteiger charge is -2.23. The highest BCUT2D eigenvalue weighted by Gasteiger charge is 2.19. The van der Waals surface area contributed by atoms with Gasteiger partial charge >= 0.3 is 0 Å². The van der Waals surface area contributed by atoms with E-state index in [-0.39, 0.29) is 30.8 Å². The van der Waals surface area contributed by atoms with Crippen molar-refractivity contribution < 1.29 is 9.59 Å². The Morgan fingerprint density at radius 3 is 2.67 bits per heavy atom. The van der Waals surface area contributed by atoms with Crippen molar-refractivity contribution >= 4 is 22.8 Å². The van der Waals surface area contributed by atoms with Crippen LogP contribution in [0.4, 0.5) is 0 Å². The van der Waals surface area contributed by atoms with Crippen molar-refractivity contribution in [3.63, 3.8) is 0 Å². The number of carbonyl (C=O) groups is 2. The van der Waals surface area contributed by atoms with E-state index in [1.807, 2.05) is 28.8 Å². The van der Waals surface area contributed by atoms with E-state index in [9.17, 15) is 9.59 Å². The van der Waals surface area contributed by atoms with E-state index in [4.69, 9.17) is 0 Å². The largest absolute Gasteiger partial charge is 0.359 e. The molecule has 0 radical (unpaired) electrons. The van der Waals surface area contributed by atoms with Crippen LogP contribution in [0.25, 0.3) is 11.0 Å². The smallest absolute Gasteiger partial charge is 0.240 e. The average Bonchev–Trinajstić information content (AvgIpc) is 2.93. The fourth-order valence-corrected chi connectivity index (χ4v) is 3.33. The van der Waals surface area contributed by atoms with Gasteiger partial charge in [-0.1, -0.05) is 31.4 Å². The van der Waals surface area contributed by atoms with Gasteiger partial charge in [-0.2, -0.15) is 0 Å². The Morgan fingerprint density at radius 2 is 1.92 bits per heavy atom. The molecule has 128 valence electrons. The summed E-state index contributed by atoms with van der Waals surface area (Å²) >= 11 is 0. The van der Waals surface area contributed by atoms with Gasteiger partial charge in [0.05, 0.1) is 17.5 Å². The number of hydrogen-bond acceptors (Lipinski definition) is 3. The zero-order valence-corrected chi connectivity index (χ0v) is 14.0. The predicted molar refractivity (Wildman–Crippen MR) is 92.5 cm³/mol. The lowest BCUT2D eigenvalue weighted by molar-refractivity contribution is -0.123. The Bertz CT molecular complexity index is 732. The summed E-state index contributed by atoms with van der Waals surface area (Å²) in [6.07, 6.45) is 5.90. The Kier molecular flexibility index (Phi) is 5.13. The molecular weight excluding hydrogens is 304 g/mol. The highest BCUT2D eigenvalue weighted by molar-refractivity contribution is 5.83. The third-order valence-electron chi connectivity index (χ3n) is 4.60. The molecule has 1 aliphatic carbocycles. The number of para-hydroxylation sites is 2. The summed E-state index contributed by atoms with van der Waals surface area (Å²) in [4.78, 5) is 28.7. The average molecular weight is 328 g/mol. The molecule has 1 aromatic heterocycles. The van der Waals surface area contributed by atoms with E-state index >= 15 is 0 Å². The summed E-state index contributed by atoms with van der Waals surface area (Å²) in [5, 5.41) is 5.74. The number of hydrogen-bond donors (Lipinski definition) is 2. The molecule has 0 spiro atoms. The minimum Gasteiger partial charge on any atom is -0.359 e. The van der Waals surface area contributed by atoms with Crippen LogP contribution in [0, 0.1) is 0 Å². The summed E-state index contributed by atoms with van der Waals surface area (Å²) in [7, 11) is 1.60. The molecule has 1 aromatic carbocycles. The number of carbonyl (C=O) groups excluding carboxylic acids is 2. The Morgan fingerprint density at radius 1 is 1.17 bits per heavy atom. The van der Waals surface area contributed by atoms with Crippen LogP contribution in [0.3, 0.4) is 0 Å². The second kappa shape index (κ2) is 7.47. The van der Waals surface area contributed by atoms with Crippen molar-refractivity contribution in [1.29, 1.82) is 0 Å². The van der Waals surface area contributed by atoms with Gasteiger partial charge in [-0.05, 0) is 25.0 Å². The van der Waals surface area contributed by atoms with Crippen molar-refractivity contribution in [2.24, 2.45) is 0 Å². The standard InChI is InChI=1S/C18H24N4O2/c1-19-17(23)11-16-21-14-9-5-6-10-15(14)22(16)12-18(24)20-13-7-3-2-4-8-13/h5-6,9-10,13H,2-4,7-8,11-12H2,1H3,(H,19,23)(H,20,24). The fraction of sp³-hybridized carbons (Fsp3) is 0.500. The molecule has 1 aliphatic rings. The summed E-state index contributed by atoms with van der Waals surface area (Å²) in [5.74, 6) is 0.497. The molecule has 2 N–H and O–H groups in total. The van der Waals surface area contributed by atoms with Gasteiger partial charge in [0.2, 0.25) is 11.8 Å². The maximum absolute atomic E-state index is 12.5. The minimum absolute atomic E-state index is 0.0109. The number of likely N-dealkylation sites (N-methyl/N-ethyl adjacent to an activating group) is 1. The van der Waals surface area contributed by atoms with Crippen LogP contribution in [0.15, 0.2) is 24.3 Å². The minimum atomic E-state index is -0.112. The number of imidazole rings is 1. The third kappa shape index (κ3) is 3.75. The molecule has 1 saturated carbocycles. The molecular formula is C18H24N4O2. The number of benzene rings is 1. The first-order chi connectivity index (χ1) is 11.7. The Hall–Kier alpha value is -2.37. The summed E-state index contributed by atoms with van der Waals surface area (Å²) in [5.41, 5.74) is 1.69. The van der Waals surface area contributed by atoms with Crippen LogP contribution in [-0.2, 0) is 22.6 Å². The van der Waals surface area contributed by atoms with E-state index in [1.165, 1.54) is 19.3 Å². The van der Waals surface area contributed by atoms with Gasteiger partial charge in [0.25, 0.3) is 0 Å². The lowest BCUT2D eigenvalue weighted by atomic mass is 9.95. The molecule has 0 bridgehead atoms. The molecule has 0 saturated heterocycles. The second-order valence-corrected chi connectivity index (χ2v) is 6.36. The van der Waals surface area contributed by atoms with Gasteiger partial charge < -0.3 is 15.2 Å². The fourth-order valence-electron chi connectivity index (χ4n) is 3.33. The van der Waals surface area contributed by atoms with E-state index < -0.39 is 0 Å². The van der Waals surface area contributed by atoms with Gasteiger partial charge in [-0.25, -0.2) is 4.98 Å². The van der Waals surface area contributed by atoms with Gasteiger partial charge in [-0.3, -0.25) is 9.59 Å². The topological polar surface area (TPSA) is 76.0 Å². The number of aromatic nitrogens is 2. The predicted octanol–water partition coefficient (Wildman–Crippen LogP) is 1.77. The van der Waals surface area contributed by atoms with E-state index in [0.717, 1.165) is 23.9 Å². The molecule has 6 nitrogen and oxygen atoms in total. The highest BCUT2D eigenvalue weighted by atomic mass is 16.2. The number of nitrogens with one attached hydrogen (secondary N) is 2. The molecule has 3 rings (SSSR count). The summed E-state index contributed by atoms with van der Waals surface area (Å²) in [6, 6.07) is 7.94. The SMILES string of the molecule is CNC(=O)Cc1nc2ccccc2n1CC(=O)NC1CCCCC1. The van der Waals surface area contributed by atoms with Crippen molar-refractivity contribution in [3.05, 3.63) is 30.1 Å². The maximum atomic E-state index is 12.5. The van der Waals surface area contributed by atoms with Crippen LogP contribution < -0.4 is 10.6 Å². The van der Waals surface area contributed by atoms with Crippen LogP contribution in [0.2, 0.25) is 0 Å². The monoisotopic (exact) mass is 328 g/mol. The zero-order valence-electron chi connectivity index (χ0n) is 14.0. The Labute approximate surface area is 141 Å². The van der Waals surface area contributed by atoms with Gasteiger partial charge in [0, 0.05) is 13.1 Å². The zero-order chi connectivity index (χ0) is 16.9. The third-order valence-corrected chi connectivity index (χ3v) is 4.60. The Balaban J connectivity index is 1.79. The first kappa shape index (κ1) is 16.5. The van der Waals surface area contributed by atoms with Crippen molar-refractivity contribution in [2.45, 2.75) is 51.1 Å². The summed E-state index contributed by atoms with van der Waals surface area (Å²) in [6.45, 7) is 0.198. The molecule has 6 heteroatoms. The van der Waals surface area contributed by atoms with Gasteiger partial charge in [-0.15, -0.1) is 0 Å². The van der Waals surface area contributed by atoms with Crippen molar-refractivity contribution in [1.82, 2.24) is 20.2 Å². The first-order valence-electron chi connectivity index (χ1n) is 8.61. The molecule has 0 atom stereocenters. The van der Waals surface area contributed by atoms with Crippen LogP contribution in [0.5, 0.6) is 0 Å². The van der Waals surface area contributed by atoms with E-state index in [0.29, 0.717) is 5.82 Å². The second-order valence-electron chi connectivity index (χ2n) is 6.36. The normalized spacial score (nSPS) is 15.4. The van der Waals surface area contributed by atoms with Gasteiger partial charge in [0.15, 0.2) is 0 Å². The van der Waals surface area contributed by atoms with E-state index in [2.05, 4.69) is 15.6 Å². The first-order valence-corrected chi connectivity index (χ1v) is 8.61. The van der Waals surface area contributed by atoms with Crippen LogP contribution >= 0.6 is 0 Å². The number of rotatable bonds is 5. The van der Waals surface area contributed by atoms with Crippen molar-refractivity contribution in [3.8, 4) is 0 Å². The number of fused-ring (bicyclic) bond motifs is 1. The van der Waals surface area contributed by atoms with Crippen LogP contribution in [0.1, 0.15) is 37.9 Å². The summed E-state index contributed by atoms with van der Waals surface area (Å²) < 4.78 is 1.85. The molecule has 2 aromatic rings. The van der Waals surface area contributed by atoms with E-state index in [1.54, 1.807) is 7.05 Å². The lowest BCUT2D eigenvalue weighted by Crippen LogP contribution is -2.38. The van der Waals surface area contributed by atoms with Gasteiger partial charge in [0.1, 0.15) is 12.4 Å². The highest BCUT2D eigenvalue weighted by Crippen LogP contribution is 2.19. The molecule has 1 heterocycles. The maximum Gasteiger partial charge on any atom is 0.240 e. The number of amides is 2. The molecule has 24 heavy (non-hydrogen) atoms. The number of nitrogens with zero attached hydrogens (tertiary/aromatic N) is 2. The van der Waals surface area contributed by atoms with Crippen LogP contribution in [-0.4, -0.2) is 34.5 Å². The molecule has 2 amide bonds. The quantitative estimate of drug-likeness (QED) is 0.878. The molecule has 0 aliphatic heterocycles. The molecule has 1 fully saturated rings.